The van der Waals surface area contributed by atoms with E-state index in [1.165, 1.54) is 38.3 Å². The molecular weight excluding hydrogens is 352 g/mol. The van der Waals surface area contributed by atoms with Gasteiger partial charge in [0, 0.05) is 31.5 Å². The van der Waals surface area contributed by atoms with Gasteiger partial charge in [0.25, 0.3) is 0 Å². The van der Waals surface area contributed by atoms with Crippen LogP contribution in [-0.2, 0) is 25.5 Å². The van der Waals surface area contributed by atoms with Gasteiger partial charge in [0.05, 0.1) is 18.4 Å². The summed E-state index contributed by atoms with van der Waals surface area (Å²) in [7, 11) is 0. The lowest BCUT2D eigenvalue weighted by Crippen LogP contribution is -2.18. The molecule has 2 rings (SSSR count). The van der Waals surface area contributed by atoms with Crippen molar-refractivity contribution in [3.63, 3.8) is 0 Å². The Balaban J connectivity index is 1.99. The number of rotatable bonds is 8. The average Bonchev–Trinajstić information content (AvgIpc) is 3.10. The molecule has 0 aliphatic carbocycles. The number of ketones is 1. The molecule has 1 heterocycles. The maximum absolute atomic E-state index is 12.4. The second-order valence-corrected chi connectivity index (χ2v) is 5.79. The van der Waals surface area contributed by atoms with Crippen molar-refractivity contribution in [3.05, 3.63) is 47.9 Å². The normalized spacial score (nSPS) is 10.1. The molecule has 2 N–H and O–H groups in total. The summed E-state index contributed by atoms with van der Waals surface area (Å²) in [6.45, 7) is 2.19. The van der Waals surface area contributed by atoms with Crippen LogP contribution in [0.25, 0.3) is 0 Å². The third kappa shape index (κ3) is 6.43. The Morgan fingerprint density at radius 3 is 2.41 bits per heavy atom. The van der Waals surface area contributed by atoms with E-state index in [0.717, 1.165) is 0 Å². The molecule has 2 amide bonds. The summed E-state index contributed by atoms with van der Waals surface area (Å²) in [6.07, 6.45) is 1.97. The number of Topliss-reactive ketones (excluding diaryl/α,β-unsaturated/α-hetero) is 1. The van der Waals surface area contributed by atoms with Crippen LogP contribution in [0, 0.1) is 0 Å². The van der Waals surface area contributed by atoms with Gasteiger partial charge in [-0.05, 0) is 30.3 Å². The summed E-state index contributed by atoms with van der Waals surface area (Å²) in [5.41, 5.74) is 0.835. The first-order valence-electron chi connectivity index (χ1n) is 8.25. The largest absolute Gasteiger partial charge is 0.469 e. The fourth-order valence-corrected chi connectivity index (χ4v) is 2.34. The molecule has 0 aliphatic heterocycles. The Morgan fingerprint density at radius 2 is 1.78 bits per heavy atom. The van der Waals surface area contributed by atoms with Gasteiger partial charge < -0.3 is 19.8 Å². The van der Waals surface area contributed by atoms with Crippen LogP contribution < -0.4 is 10.6 Å². The summed E-state index contributed by atoms with van der Waals surface area (Å²) >= 11 is 0. The van der Waals surface area contributed by atoms with E-state index < -0.39 is 18.4 Å². The lowest BCUT2D eigenvalue weighted by molar-refractivity contribution is -0.142. The molecule has 0 unspecified atom stereocenters. The van der Waals surface area contributed by atoms with E-state index in [1.807, 2.05) is 0 Å². The van der Waals surface area contributed by atoms with Crippen molar-refractivity contribution in [2.24, 2.45) is 0 Å². The van der Waals surface area contributed by atoms with Gasteiger partial charge in [0.1, 0.15) is 5.76 Å². The monoisotopic (exact) mass is 372 g/mol. The van der Waals surface area contributed by atoms with Crippen molar-refractivity contribution in [1.82, 2.24) is 0 Å². The van der Waals surface area contributed by atoms with Crippen LogP contribution >= 0.6 is 0 Å². The van der Waals surface area contributed by atoms with Crippen molar-refractivity contribution >= 4 is 34.9 Å². The van der Waals surface area contributed by atoms with Gasteiger partial charge >= 0.3 is 5.97 Å². The number of nitrogens with one attached hydrogen (secondary N) is 2. The Kier molecular flexibility index (Phi) is 6.87. The summed E-state index contributed by atoms with van der Waals surface area (Å²) in [4.78, 5) is 46.7. The summed E-state index contributed by atoms with van der Waals surface area (Å²) in [5, 5.41) is 5.10. The molecule has 0 radical (unpaired) electrons. The van der Waals surface area contributed by atoms with Gasteiger partial charge in [-0.1, -0.05) is 0 Å². The van der Waals surface area contributed by atoms with Crippen LogP contribution in [0.2, 0.25) is 0 Å². The number of benzene rings is 1. The SMILES string of the molecule is CC(=O)Nc1ccc(C(=O)COC(=O)CCc2ccco2)c(NC(C)=O)c1. The molecule has 8 nitrogen and oxygen atoms in total. The quantitative estimate of drug-likeness (QED) is 0.544. The third-order valence-electron chi connectivity index (χ3n) is 3.47. The van der Waals surface area contributed by atoms with E-state index in [4.69, 9.17) is 9.15 Å². The van der Waals surface area contributed by atoms with E-state index in [-0.39, 0.29) is 29.5 Å². The number of furan rings is 1. The number of amides is 2. The maximum atomic E-state index is 12.4. The molecule has 0 bridgehead atoms. The number of anilines is 2. The fourth-order valence-electron chi connectivity index (χ4n) is 2.34. The number of hydrogen-bond donors (Lipinski definition) is 2. The minimum Gasteiger partial charge on any atom is -0.469 e. The fraction of sp³-hybridized carbons (Fsp3) is 0.263. The van der Waals surface area contributed by atoms with Crippen LogP contribution in [0.5, 0.6) is 0 Å². The summed E-state index contributed by atoms with van der Waals surface area (Å²) < 4.78 is 10.1. The number of carbonyl (C=O) groups is 4. The average molecular weight is 372 g/mol. The lowest BCUT2D eigenvalue weighted by atomic mass is 10.1. The van der Waals surface area contributed by atoms with Crippen molar-refractivity contribution < 1.29 is 28.3 Å². The van der Waals surface area contributed by atoms with E-state index >= 15 is 0 Å². The molecule has 0 saturated heterocycles. The van der Waals surface area contributed by atoms with Crippen molar-refractivity contribution in [2.45, 2.75) is 26.7 Å². The van der Waals surface area contributed by atoms with Gasteiger partial charge in [-0.3, -0.25) is 19.2 Å². The Bertz CT molecular complexity index is 842. The molecule has 142 valence electrons. The predicted molar refractivity (Wildman–Crippen MR) is 97.4 cm³/mol. The number of hydrogen-bond acceptors (Lipinski definition) is 6. The number of ether oxygens (including phenoxy) is 1. The molecule has 1 aromatic carbocycles. The standard InChI is InChI=1S/C19H20N2O6/c1-12(22)20-14-5-7-16(17(10-14)21-13(2)23)18(24)11-27-19(25)8-6-15-4-3-9-26-15/h3-5,7,9-10H,6,8,11H2,1-2H3,(H,20,22)(H,21,23). The highest BCUT2D eigenvalue weighted by Crippen LogP contribution is 2.22. The second kappa shape index (κ2) is 9.33. The van der Waals surface area contributed by atoms with Crippen LogP contribution in [0.1, 0.15) is 36.4 Å². The second-order valence-electron chi connectivity index (χ2n) is 5.79. The highest BCUT2D eigenvalue weighted by atomic mass is 16.5. The van der Waals surface area contributed by atoms with E-state index in [9.17, 15) is 19.2 Å². The van der Waals surface area contributed by atoms with Gasteiger partial charge in [0.15, 0.2) is 6.61 Å². The van der Waals surface area contributed by atoms with Gasteiger partial charge in [-0.2, -0.15) is 0 Å². The van der Waals surface area contributed by atoms with Gasteiger partial charge in [-0.15, -0.1) is 0 Å². The lowest BCUT2D eigenvalue weighted by Gasteiger charge is -2.12. The van der Waals surface area contributed by atoms with Crippen molar-refractivity contribution in [1.29, 1.82) is 0 Å². The molecule has 0 atom stereocenters. The highest BCUT2D eigenvalue weighted by molar-refractivity contribution is 6.06. The third-order valence-corrected chi connectivity index (χ3v) is 3.47. The van der Waals surface area contributed by atoms with Crippen LogP contribution in [0.4, 0.5) is 11.4 Å². The molecular formula is C19H20N2O6. The predicted octanol–water partition coefficient (Wildman–Crippen LogP) is 2.56. The molecule has 27 heavy (non-hydrogen) atoms. The molecule has 0 aliphatic rings. The summed E-state index contributed by atoms with van der Waals surface area (Å²) in [5.74, 6) is -1.01. The smallest absolute Gasteiger partial charge is 0.306 e. The maximum Gasteiger partial charge on any atom is 0.306 e. The minimum absolute atomic E-state index is 0.0841. The molecule has 0 spiro atoms. The number of esters is 1. The molecule has 0 saturated carbocycles. The Morgan fingerprint density at radius 1 is 1.04 bits per heavy atom. The van der Waals surface area contributed by atoms with Gasteiger partial charge in [-0.25, -0.2) is 0 Å². The van der Waals surface area contributed by atoms with Crippen molar-refractivity contribution in [3.8, 4) is 0 Å². The topological polar surface area (TPSA) is 115 Å². The minimum atomic E-state index is -0.532. The zero-order valence-electron chi connectivity index (χ0n) is 15.0. The zero-order valence-corrected chi connectivity index (χ0v) is 15.0. The van der Waals surface area contributed by atoms with Crippen LogP contribution in [-0.4, -0.2) is 30.2 Å². The van der Waals surface area contributed by atoms with E-state index in [2.05, 4.69) is 10.6 Å². The van der Waals surface area contributed by atoms with Crippen molar-refractivity contribution in [2.75, 3.05) is 17.2 Å². The molecule has 2 aromatic rings. The molecule has 8 heteroatoms. The first-order chi connectivity index (χ1) is 12.8. The Hall–Kier alpha value is -3.42. The van der Waals surface area contributed by atoms with Crippen LogP contribution in [0.3, 0.4) is 0 Å². The van der Waals surface area contributed by atoms with Gasteiger partial charge in [0.2, 0.25) is 17.6 Å². The van der Waals surface area contributed by atoms with E-state index in [1.54, 1.807) is 12.1 Å². The van der Waals surface area contributed by atoms with E-state index in [0.29, 0.717) is 17.9 Å². The summed E-state index contributed by atoms with van der Waals surface area (Å²) in [6, 6.07) is 7.91. The van der Waals surface area contributed by atoms with Crippen LogP contribution in [0.15, 0.2) is 41.0 Å². The Labute approximate surface area is 155 Å². The first kappa shape index (κ1) is 19.9. The zero-order chi connectivity index (χ0) is 19.8. The molecule has 1 aromatic heterocycles. The first-order valence-corrected chi connectivity index (χ1v) is 8.25. The number of aryl methyl sites for hydroxylation is 1. The molecule has 0 fully saturated rings. The number of carbonyl (C=O) groups excluding carboxylic acids is 4. The highest BCUT2D eigenvalue weighted by Gasteiger charge is 2.16.